The first-order chi connectivity index (χ1) is 16.4. The van der Waals surface area contributed by atoms with Gasteiger partial charge in [0.1, 0.15) is 17.3 Å². The molecule has 3 N–H and O–H groups in total. The van der Waals surface area contributed by atoms with E-state index < -0.39 is 0 Å². The van der Waals surface area contributed by atoms with Gasteiger partial charge in [-0.05, 0) is 109 Å². The minimum absolute atomic E-state index is 0.0287. The molecule has 1 aliphatic rings. The number of hydrogen-bond donors (Lipinski definition) is 3. The third-order valence-electron chi connectivity index (χ3n) is 6.35. The number of hydrogen-bond acceptors (Lipinski definition) is 5. The van der Waals surface area contributed by atoms with E-state index in [1.807, 2.05) is 51.1 Å². The fraction of sp³-hybridized carbons (Fsp3) is 0.433. The van der Waals surface area contributed by atoms with Crippen molar-refractivity contribution in [2.75, 3.05) is 5.32 Å². The van der Waals surface area contributed by atoms with Gasteiger partial charge in [0, 0.05) is 22.7 Å². The Morgan fingerprint density at radius 3 is 2.23 bits per heavy atom. The summed E-state index contributed by atoms with van der Waals surface area (Å²) >= 11 is 0. The number of aromatic nitrogens is 1. The number of nitrogens with one attached hydrogen (secondary N) is 2. The first kappa shape index (κ1) is 25.1. The van der Waals surface area contributed by atoms with Crippen molar-refractivity contribution in [3.8, 4) is 33.9 Å². The van der Waals surface area contributed by atoms with Gasteiger partial charge in [0.2, 0.25) is 0 Å². The highest BCUT2D eigenvalue weighted by atomic mass is 16.5. The van der Waals surface area contributed by atoms with Crippen LogP contribution >= 0.6 is 0 Å². The summed E-state index contributed by atoms with van der Waals surface area (Å²) in [7, 11) is 0. The van der Waals surface area contributed by atoms with Gasteiger partial charge in [0.25, 0.3) is 0 Å². The summed E-state index contributed by atoms with van der Waals surface area (Å²) in [5.74, 6) is 1.90. The minimum Gasteiger partial charge on any atom is -0.507 e. The highest BCUT2D eigenvalue weighted by Crippen LogP contribution is 2.35. The van der Waals surface area contributed by atoms with Gasteiger partial charge in [-0.15, -0.1) is 0 Å². The van der Waals surface area contributed by atoms with Crippen LogP contribution in [0, 0.1) is 6.92 Å². The van der Waals surface area contributed by atoms with Gasteiger partial charge < -0.3 is 20.5 Å². The Morgan fingerprint density at radius 2 is 1.60 bits per heavy atom. The first-order valence-corrected chi connectivity index (χ1v) is 12.5. The van der Waals surface area contributed by atoms with Gasteiger partial charge in [-0.1, -0.05) is 23.8 Å². The SMILES string of the molecule is Cc1ccc(O)c(-c2cc(-c3ccc(OC(C)C)cc3)cc(NC3CC(C)(C)NC(C)(C)C3)n2)c1. The van der Waals surface area contributed by atoms with Crippen LogP contribution in [0.15, 0.2) is 54.6 Å². The van der Waals surface area contributed by atoms with Gasteiger partial charge >= 0.3 is 0 Å². The van der Waals surface area contributed by atoms with Crippen LogP contribution in [0.4, 0.5) is 5.82 Å². The van der Waals surface area contributed by atoms with Crippen molar-refractivity contribution in [3.05, 3.63) is 60.2 Å². The number of nitrogens with zero attached hydrogens (tertiary/aromatic N) is 1. The largest absolute Gasteiger partial charge is 0.507 e. The number of phenols is 1. The molecule has 2 aromatic carbocycles. The summed E-state index contributed by atoms with van der Waals surface area (Å²) in [4.78, 5) is 4.96. The number of phenolic OH excluding ortho intramolecular Hbond substituents is 1. The van der Waals surface area contributed by atoms with Crippen LogP contribution in [0.25, 0.3) is 22.4 Å². The number of aromatic hydroxyl groups is 1. The van der Waals surface area contributed by atoms with Crippen LogP contribution in [0.3, 0.4) is 0 Å². The van der Waals surface area contributed by atoms with Crippen molar-refractivity contribution < 1.29 is 9.84 Å². The van der Waals surface area contributed by atoms with Crippen LogP contribution < -0.4 is 15.4 Å². The van der Waals surface area contributed by atoms with E-state index in [4.69, 9.17) is 9.72 Å². The Balaban J connectivity index is 1.74. The second-order valence-electron chi connectivity index (χ2n) is 11.5. The third kappa shape index (κ3) is 6.34. The van der Waals surface area contributed by atoms with Crippen molar-refractivity contribution in [1.82, 2.24) is 10.3 Å². The highest BCUT2D eigenvalue weighted by molar-refractivity contribution is 5.77. The van der Waals surface area contributed by atoms with E-state index >= 15 is 0 Å². The maximum Gasteiger partial charge on any atom is 0.127 e. The quantitative estimate of drug-likeness (QED) is 0.362. The summed E-state index contributed by atoms with van der Waals surface area (Å²) in [6, 6.07) is 18.2. The number of rotatable bonds is 6. The molecular weight excluding hydrogens is 434 g/mol. The molecule has 5 nitrogen and oxygen atoms in total. The van der Waals surface area contributed by atoms with Crippen molar-refractivity contribution in [3.63, 3.8) is 0 Å². The lowest BCUT2D eigenvalue weighted by Crippen LogP contribution is -2.60. The molecule has 1 saturated heterocycles. The molecule has 35 heavy (non-hydrogen) atoms. The molecule has 2 heterocycles. The second-order valence-corrected chi connectivity index (χ2v) is 11.5. The van der Waals surface area contributed by atoms with E-state index in [0.717, 1.165) is 52.4 Å². The summed E-state index contributed by atoms with van der Waals surface area (Å²) in [5.41, 5.74) is 4.74. The summed E-state index contributed by atoms with van der Waals surface area (Å²) < 4.78 is 5.83. The van der Waals surface area contributed by atoms with Crippen molar-refractivity contribution >= 4 is 5.82 Å². The van der Waals surface area contributed by atoms with Gasteiger partial charge in [0.15, 0.2) is 0 Å². The molecule has 0 saturated carbocycles. The van der Waals surface area contributed by atoms with Gasteiger partial charge in [-0.3, -0.25) is 0 Å². The van der Waals surface area contributed by atoms with Crippen LogP contribution in [0.2, 0.25) is 0 Å². The smallest absolute Gasteiger partial charge is 0.127 e. The molecule has 1 aliphatic heterocycles. The Kier molecular flexibility index (Phi) is 6.83. The number of pyridine rings is 1. The number of aryl methyl sites for hydroxylation is 1. The number of anilines is 1. The fourth-order valence-corrected chi connectivity index (χ4v) is 5.40. The molecule has 4 rings (SSSR count). The average molecular weight is 474 g/mol. The van der Waals surface area contributed by atoms with E-state index in [1.165, 1.54) is 0 Å². The third-order valence-corrected chi connectivity index (χ3v) is 6.35. The Bertz CT molecular complexity index is 1170. The summed E-state index contributed by atoms with van der Waals surface area (Å²) in [6.07, 6.45) is 2.12. The molecule has 186 valence electrons. The molecular formula is C30H39N3O2. The molecule has 0 radical (unpaired) electrons. The van der Waals surface area contributed by atoms with Gasteiger partial charge in [0.05, 0.1) is 11.8 Å². The highest BCUT2D eigenvalue weighted by Gasteiger charge is 2.37. The first-order valence-electron chi connectivity index (χ1n) is 12.5. The van der Waals surface area contributed by atoms with E-state index in [1.54, 1.807) is 6.07 Å². The van der Waals surface area contributed by atoms with Gasteiger partial charge in [-0.2, -0.15) is 0 Å². The summed E-state index contributed by atoms with van der Waals surface area (Å²) in [6.45, 7) is 15.1. The van der Waals surface area contributed by atoms with Crippen molar-refractivity contribution in [1.29, 1.82) is 0 Å². The topological polar surface area (TPSA) is 66.4 Å². The van der Waals surface area contributed by atoms with Crippen molar-refractivity contribution in [2.45, 2.75) is 84.5 Å². The van der Waals surface area contributed by atoms with Crippen LogP contribution in [0.5, 0.6) is 11.5 Å². The lowest BCUT2D eigenvalue weighted by molar-refractivity contribution is 0.170. The molecule has 0 spiro atoms. The van der Waals surface area contributed by atoms with E-state index in [0.29, 0.717) is 0 Å². The zero-order chi connectivity index (χ0) is 25.4. The van der Waals surface area contributed by atoms with Crippen LogP contribution in [-0.4, -0.2) is 33.3 Å². The zero-order valence-electron chi connectivity index (χ0n) is 22.1. The molecule has 0 bridgehead atoms. The zero-order valence-corrected chi connectivity index (χ0v) is 22.1. The minimum atomic E-state index is 0.0287. The van der Waals surface area contributed by atoms with Crippen molar-refractivity contribution in [2.24, 2.45) is 0 Å². The fourth-order valence-electron chi connectivity index (χ4n) is 5.40. The Morgan fingerprint density at radius 1 is 0.943 bits per heavy atom. The standard InChI is InChI=1S/C30H39N3O2/c1-19(2)35-24-11-9-21(10-12-24)22-15-26(25-14-20(3)8-13-27(25)34)32-28(16-22)31-23-17-29(4,5)33-30(6,7)18-23/h8-16,19,23,33-34H,17-18H2,1-7H3,(H,31,32). The summed E-state index contributed by atoms with van der Waals surface area (Å²) in [5, 5.41) is 18.1. The lowest BCUT2D eigenvalue weighted by Gasteiger charge is -2.46. The maximum absolute atomic E-state index is 10.6. The van der Waals surface area contributed by atoms with Crippen LogP contribution in [-0.2, 0) is 0 Å². The number of piperidine rings is 1. The van der Waals surface area contributed by atoms with E-state index in [-0.39, 0.29) is 29.0 Å². The predicted octanol–water partition coefficient (Wildman–Crippen LogP) is 6.94. The average Bonchev–Trinajstić information content (AvgIpc) is 2.73. The second kappa shape index (κ2) is 9.54. The van der Waals surface area contributed by atoms with Gasteiger partial charge in [-0.25, -0.2) is 4.98 Å². The lowest BCUT2D eigenvalue weighted by atomic mass is 9.79. The molecule has 0 aliphatic carbocycles. The molecule has 5 heteroatoms. The molecule has 1 aromatic heterocycles. The van der Waals surface area contributed by atoms with Crippen LogP contribution in [0.1, 0.15) is 59.9 Å². The molecule has 3 aromatic rings. The molecule has 1 fully saturated rings. The van der Waals surface area contributed by atoms with E-state index in [2.05, 4.69) is 56.5 Å². The monoisotopic (exact) mass is 473 g/mol. The number of ether oxygens (including phenoxy) is 1. The Labute approximate surface area is 210 Å². The predicted molar refractivity (Wildman–Crippen MR) is 145 cm³/mol. The maximum atomic E-state index is 10.6. The van der Waals surface area contributed by atoms with E-state index in [9.17, 15) is 5.11 Å². The Hall–Kier alpha value is -3.05. The number of benzene rings is 2. The molecule has 0 atom stereocenters. The normalized spacial score (nSPS) is 17.4. The molecule has 0 unspecified atom stereocenters. The molecule has 0 amide bonds.